The standard InChI is InChI=1S/C8H7BrS/c1-3-6(2)7-4-5-8(9)10-7/h1,4-6H,2H3. The van der Waals surface area contributed by atoms with E-state index in [1.54, 1.807) is 11.3 Å². The van der Waals surface area contributed by atoms with Gasteiger partial charge in [-0.05, 0) is 35.0 Å². The minimum absolute atomic E-state index is 0.247. The monoisotopic (exact) mass is 214 g/mol. The third-order valence-corrected chi connectivity index (χ3v) is 3.08. The van der Waals surface area contributed by atoms with Crippen molar-refractivity contribution in [3.63, 3.8) is 0 Å². The summed E-state index contributed by atoms with van der Waals surface area (Å²) in [6, 6.07) is 4.08. The predicted octanol–water partition coefficient (Wildman–Crippen LogP) is 3.25. The van der Waals surface area contributed by atoms with Crippen LogP contribution in [0.25, 0.3) is 0 Å². The zero-order valence-corrected chi connectivity index (χ0v) is 8.00. The van der Waals surface area contributed by atoms with Gasteiger partial charge >= 0.3 is 0 Å². The first-order chi connectivity index (χ1) is 4.74. The van der Waals surface area contributed by atoms with E-state index in [0.717, 1.165) is 3.79 Å². The number of rotatable bonds is 1. The molecule has 0 spiro atoms. The average molecular weight is 215 g/mol. The smallest absolute Gasteiger partial charge is 0.0701 e. The third-order valence-electron chi connectivity index (χ3n) is 1.27. The minimum Gasteiger partial charge on any atom is -0.132 e. The van der Waals surface area contributed by atoms with Gasteiger partial charge < -0.3 is 0 Å². The molecule has 0 nitrogen and oxygen atoms in total. The average Bonchev–Trinajstić information content (AvgIpc) is 2.34. The van der Waals surface area contributed by atoms with Crippen LogP contribution in [0.3, 0.4) is 0 Å². The lowest BCUT2D eigenvalue weighted by Crippen LogP contribution is -1.81. The molecule has 2 heteroatoms. The molecule has 52 valence electrons. The molecule has 1 rings (SSSR count). The fourth-order valence-electron chi connectivity index (χ4n) is 0.643. The van der Waals surface area contributed by atoms with Crippen LogP contribution in [-0.2, 0) is 0 Å². The van der Waals surface area contributed by atoms with E-state index >= 15 is 0 Å². The second-order valence-corrected chi connectivity index (χ2v) is 4.52. The van der Waals surface area contributed by atoms with Crippen LogP contribution in [0.15, 0.2) is 15.9 Å². The van der Waals surface area contributed by atoms with E-state index in [2.05, 4.69) is 27.9 Å². The molecular formula is C8H7BrS. The van der Waals surface area contributed by atoms with Crippen molar-refractivity contribution in [2.45, 2.75) is 12.8 Å². The van der Waals surface area contributed by atoms with Crippen molar-refractivity contribution >= 4 is 27.3 Å². The Kier molecular flexibility index (Phi) is 2.53. The van der Waals surface area contributed by atoms with E-state index in [-0.39, 0.29) is 5.92 Å². The summed E-state index contributed by atoms with van der Waals surface area (Å²) in [4.78, 5) is 1.24. The molecule has 1 aromatic heterocycles. The maximum atomic E-state index is 5.25. The van der Waals surface area contributed by atoms with Crippen molar-refractivity contribution in [3.8, 4) is 12.3 Å². The van der Waals surface area contributed by atoms with Crippen molar-refractivity contribution in [2.75, 3.05) is 0 Å². The lowest BCUT2D eigenvalue weighted by molar-refractivity contribution is 1.04. The lowest BCUT2D eigenvalue weighted by atomic mass is 10.2. The Balaban J connectivity index is 2.87. The van der Waals surface area contributed by atoms with Gasteiger partial charge in [0.05, 0.1) is 9.70 Å². The van der Waals surface area contributed by atoms with E-state index in [0.29, 0.717) is 0 Å². The van der Waals surface area contributed by atoms with Crippen molar-refractivity contribution < 1.29 is 0 Å². The van der Waals surface area contributed by atoms with Crippen molar-refractivity contribution in [1.29, 1.82) is 0 Å². The number of terminal acetylenes is 1. The molecule has 0 radical (unpaired) electrons. The van der Waals surface area contributed by atoms with Crippen LogP contribution >= 0.6 is 27.3 Å². The summed E-state index contributed by atoms with van der Waals surface area (Å²) in [6.07, 6.45) is 5.25. The number of thiophene rings is 1. The molecule has 1 aromatic rings. The van der Waals surface area contributed by atoms with Crippen LogP contribution in [0.5, 0.6) is 0 Å². The van der Waals surface area contributed by atoms with E-state index in [1.807, 2.05) is 13.0 Å². The molecule has 1 unspecified atom stereocenters. The van der Waals surface area contributed by atoms with Gasteiger partial charge in [0.25, 0.3) is 0 Å². The first-order valence-corrected chi connectivity index (χ1v) is 4.56. The summed E-state index contributed by atoms with van der Waals surface area (Å²) >= 11 is 5.07. The predicted molar refractivity (Wildman–Crippen MR) is 49.3 cm³/mol. The summed E-state index contributed by atoms with van der Waals surface area (Å²) in [5.41, 5.74) is 0. The van der Waals surface area contributed by atoms with Gasteiger partial charge in [-0.2, -0.15) is 0 Å². The molecule has 0 bridgehead atoms. The number of halogens is 1. The zero-order chi connectivity index (χ0) is 7.56. The highest BCUT2D eigenvalue weighted by atomic mass is 79.9. The summed E-state index contributed by atoms with van der Waals surface area (Å²) in [5.74, 6) is 2.93. The first-order valence-electron chi connectivity index (χ1n) is 2.95. The molecule has 0 aliphatic rings. The fraction of sp³-hybridized carbons (Fsp3) is 0.250. The Labute approximate surface area is 73.4 Å². The number of hydrogen-bond donors (Lipinski definition) is 0. The van der Waals surface area contributed by atoms with Gasteiger partial charge in [0, 0.05) is 4.88 Å². The van der Waals surface area contributed by atoms with Crippen LogP contribution in [0.2, 0.25) is 0 Å². The summed E-state index contributed by atoms with van der Waals surface area (Å²) in [6.45, 7) is 2.03. The van der Waals surface area contributed by atoms with Gasteiger partial charge in [-0.15, -0.1) is 17.8 Å². The van der Waals surface area contributed by atoms with E-state index < -0.39 is 0 Å². The largest absolute Gasteiger partial charge is 0.132 e. The van der Waals surface area contributed by atoms with E-state index in [4.69, 9.17) is 6.42 Å². The second kappa shape index (κ2) is 3.23. The highest BCUT2D eigenvalue weighted by Crippen LogP contribution is 2.27. The van der Waals surface area contributed by atoms with Gasteiger partial charge in [-0.25, -0.2) is 0 Å². The number of hydrogen-bond acceptors (Lipinski definition) is 1. The third kappa shape index (κ3) is 1.62. The van der Waals surface area contributed by atoms with Gasteiger partial charge in [0.2, 0.25) is 0 Å². The van der Waals surface area contributed by atoms with E-state index in [1.165, 1.54) is 4.88 Å². The van der Waals surface area contributed by atoms with Gasteiger partial charge in [0.15, 0.2) is 0 Å². The Bertz CT molecular complexity index is 256. The maximum absolute atomic E-state index is 5.25. The lowest BCUT2D eigenvalue weighted by Gasteiger charge is -1.95. The van der Waals surface area contributed by atoms with Crippen molar-refractivity contribution in [2.24, 2.45) is 0 Å². The van der Waals surface area contributed by atoms with Gasteiger partial charge in [-0.1, -0.05) is 5.92 Å². The molecule has 0 N–H and O–H groups in total. The second-order valence-electron chi connectivity index (χ2n) is 2.03. The van der Waals surface area contributed by atoms with Crippen molar-refractivity contribution in [1.82, 2.24) is 0 Å². The minimum atomic E-state index is 0.247. The molecule has 0 saturated carbocycles. The normalized spacial score (nSPS) is 12.5. The molecular weight excluding hydrogens is 208 g/mol. The molecule has 0 aliphatic heterocycles. The highest BCUT2D eigenvalue weighted by Gasteiger charge is 2.02. The summed E-state index contributed by atoms with van der Waals surface area (Å²) < 4.78 is 1.14. The highest BCUT2D eigenvalue weighted by molar-refractivity contribution is 9.11. The Morgan fingerprint density at radius 3 is 2.80 bits per heavy atom. The molecule has 0 aliphatic carbocycles. The SMILES string of the molecule is C#CC(C)c1ccc(Br)s1. The molecule has 0 fully saturated rings. The van der Waals surface area contributed by atoms with Gasteiger partial charge in [-0.3, -0.25) is 0 Å². The Morgan fingerprint density at radius 1 is 1.70 bits per heavy atom. The molecule has 1 atom stereocenters. The molecule has 0 amide bonds. The van der Waals surface area contributed by atoms with Crippen LogP contribution in [0.4, 0.5) is 0 Å². The molecule has 10 heavy (non-hydrogen) atoms. The van der Waals surface area contributed by atoms with Crippen LogP contribution in [-0.4, -0.2) is 0 Å². The molecule has 0 aromatic carbocycles. The van der Waals surface area contributed by atoms with E-state index in [9.17, 15) is 0 Å². The Morgan fingerprint density at radius 2 is 2.40 bits per heavy atom. The zero-order valence-electron chi connectivity index (χ0n) is 5.60. The van der Waals surface area contributed by atoms with Gasteiger partial charge in [0.1, 0.15) is 0 Å². The maximum Gasteiger partial charge on any atom is 0.0701 e. The topological polar surface area (TPSA) is 0 Å². The quantitative estimate of drug-likeness (QED) is 0.631. The summed E-state index contributed by atoms with van der Waals surface area (Å²) in [5, 5.41) is 0. The van der Waals surface area contributed by atoms with Crippen LogP contribution in [0, 0.1) is 12.3 Å². The molecule has 1 heterocycles. The summed E-state index contributed by atoms with van der Waals surface area (Å²) in [7, 11) is 0. The van der Waals surface area contributed by atoms with Crippen molar-refractivity contribution in [3.05, 3.63) is 20.8 Å². The Hall–Kier alpha value is -0.260. The van der Waals surface area contributed by atoms with Crippen LogP contribution < -0.4 is 0 Å². The van der Waals surface area contributed by atoms with Crippen LogP contribution in [0.1, 0.15) is 17.7 Å². The first kappa shape index (κ1) is 7.84. The fourth-order valence-corrected chi connectivity index (χ4v) is 2.08. The molecule has 0 saturated heterocycles.